The molecular weight excluding hydrogens is 220 g/mol. The minimum absolute atomic E-state index is 0.0519. The van der Waals surface area contributed by atoms with Crippen LogP contribution in [0.4, 0.5) is 0 Å². The molecule has 1 aromatic rings. The molecule has 76 valence electrons. The van der Waals surface area contributed by atoms with Gasteiger partial charge in [-0.25, -0.2) is 9.97 Å². The molecule has 1 N–H and O–H groups in total. The first-order valence-electron chi connectivity index (χ1n) is 3.83. The quantitative estimate of drug-likeness (QED) is 0.481. The minimum Gasteiger partial charge on any atom is -0.481 e. The van der Waals surface area contributed by atoms with Gasteiger partial charge in [-0.1, -0.05) is 11.8 Å². The smallest absolute Gasteiger partial charge is 0.309 e. The topological polar surface area (TPSA) is 63.1 Å². The monoisotopic (exact) mass is 230 g/mol. The van der Waals surface area contributed by atoms with E-state index in [1.54, 1.807) is 6.07 Å². The van der Waals surface area contributed by atoms with Gasteiger partial charge in [0.2, 0.25) is 0 Å². The van der Waals surface area contributed by atoms with E-state index in [4.69, 9.17) is 5.11 Å². The fourth-order valence-corrected chi connectivity index (χ4v) is 1.78. The Hall–Kier alpha value is -0.750. The highest BCUT2D eigenvalue weighted by atomic mass is 32.2. The second kappa shape index (κ2) is 5.21. The SMILES string of the molecule is CSc1cc(CC(=O)O)nc(SC)n1. The Morgan fingerprint density at radius 1 is 1.43 bits per heavy atom. The van der Waals surface area contributed by atoms with Gasteiger partial charge < -0.3 is 5.11 Å². The Labute approximate surface area is 90.5 Å². The Morgan fingerprint density at radius 2 is 2.14 bits per heavy atom. The van der Waals surface area contributed by atoms with E-state index in [0.717, 1.165) is 5.03 Å². The molecular formula is C8H10N2O2S2. The van der Waals surface area contributed by atoms with E-state index in [1.807, 2.05) is 12.5 Å². The molecule has 14 heavy (non-hydrogen) atoms. The third-order valence-electron chi connectivity index (χ3n) is 1.46. The van der Waals surface area contributed by atoms with Gasteiger partial charge in [0, 0.05) is 0 Å². The van der Waals surface area contributed by atoms with E-state index < -0.39 is 5.97 Å². The van der Waals surface area contributed by atoms with E-state index in [-0.39, 0.29) is 6.42 Å². The van der Waals surface area contributed by atoms with Gasteiger partial charge in [-0.3, -0.25) is 4.79 Å². The highest BCUT2D eigenvalue weighted by molar-refractivity contribution is 7.99. The maximum absolute atomic E-state index is 10.5. The number of carboxylic acid groups (broad SMARTS) is 1. The van der Waals surface area contributed by atoms with Crippen molar-refractivity contribution >= 4 is 29.5 Å². The first-order valence-corrected chi connectivity index (χ1v) is 6.28. The molecule has 0 spiro atoms. The van der Waals surface area contributed by atoms with Crippen molar-refractivity contribution in [3.8, 4) is 0 Å². The number of carbonyl (C=O) groups is 1. The predicted octanol–water partition coefficient (Wildman–Crippen LogP) is 1.55. The fourth-order valence-electron chi connectivity index (χ4n) is 0.891. The van der Waals surface area contributed by atoms with Crippen LogP contribution >= 0.6 is 23.5 Å². The molecule has 0 bridgehead atoms. The van der Waals surface area contributed by atoms with E-state index in [2.05, 4.69) is 9.97 Å². The number of hydrogen-bond acceptors (Lipinski definition) is 5. The van der Waals surface area contributed by atoms with Crippen LogP contribution in [0.15, 0.2) is 16.2 Å². The summed E-state index contributed by atoms with van der Waals surface area (Å²) in [5.74, 6) is -0.872. The lowest BCUT2D eigenvalue weighted by Gasteiger charge is -2.02. The summed E-state index contributed by atoms with van der Waals surface area (Å²) >= 11 is 2.89. The van der Waals surface area contributed by atoms with Crippen LogP contribution in [0, 0.1) is 0 Å². The molecule has 0 aliphatic heterocycles. The summed E-state index contributed by atoms with van der Waals surface area (Å²) in [6.45, 7) is 0. The molecule has 0 aromatic carbocycles. The summed E-state index contributed by atoms with van der Waals surface area (Å²) in [7, 11) is 0. The van der Waals surface area contributed by atoms with E-state index in [0.29, 0.717) is 10.9 Å². The van der Waals surface area contributed by atoms with Gasteiger partial charge in [-0.05, 0) is 18.6 Å². The molecule has 6 heteroatoms. The normalized spacial score (nSPS) is 10.1. The molecule has 1 aromatic heterocycles. The Morgan fingerprint density at radius 3 is 2.64 bits per heavy atom. The van der Waals surface area contributed by atoms with Gasteiger partial charge in [-0.2, -0.15) is 0 Å². The summed E-state index contributed by atoms with van der Waals surface area (Å²) in [5, 5.41) is 10.0. The Kier molecular flexibility index (Phi) is 4.21. The third-order valence-corrected chi connectivity index (χ3v) is 2.63. The Balaban J connectivity index is 2.98. The van der Waals surface area contributed by atoms with Crippen LogP contribution in [0.2, 0.25) is 0 Å². The summed E-state index contributed by atoms with van der Waals surface area (Å²) in [6.07, 6.45) is 3.71. The molecule has 0 saturated heterocycles. The van der Waals surface area contributed by atoms with Crippen molar-refractivity contribution in [1.82, 2.24) is 9.97 Å². The van der Waals surface area contributed by atoms with Gasteiger partial charge in [0.15, 0.2) is 5.16 Å². The van der Waals surface area contributed by atoms with Crippen LogP contribution < -0.4 is 0 Å². The Bertz CT molecular complexity index is 322. The van der Waals surface area contributed by atoms with Crippen LogP contribution in [0.5, 0.6) is 0 Å². The highest BCUT2D eigenvalue weighted by Gasteiger charge is 2.06. The summed E-state index contributed by atoms with van der Waals surface area (Å²) in [6, 6.07) is 1.71. The summed E-state index contributed by atoms with van der Waals surface area (Å²) < 4.78 is 0. The molecule has 0 atom stereocenters. The average molecular weight is 230 g/mol. The fraction of sp³-hybridized carbons (Fsp3) is 0.375. The summed E-state index contributed by atoms with van der Waals surface area (Å²) in [4.78, 5) is 18.8. The van der Waals surface area contributed by atoms with Gasteiger partial charge in [-0.15, -0.1) is 11.8 Å². The predicted molar refractivity (Wildman–Crippen MR) is 56.9 cm³/mol. The van der Waals surface area contributed by atoms with Gasteiger partial charge in [0.25, 0.3) is 0 Å². The van der Waals surface area contributed by atoms with Crippen molar-refractivity contribution in [2.75, 3.05) is 12.5 Å². The molecule has 0 radical (unpaired) electrons. The van der Waals surface area contributed by atoms with E-state index in [1.165, 1.54) is 23.5 Å². The molecule has 1 rings (SSSR count). The van der Waals surface area contributed by atoms with Gasteiger partial charge in [0.1, 0.15) is 5.03 Å². The number of nitrogens with zero attached hydrogens (tertiary/aromatic N) is 2. The highest BCUT2D eigenvalue weighted by Crippen LogP contribution is 2.17. The second-order valence-electron chi connectivity index (χ2n) is 2.46. The molecule has 1 heterocycles. The van der Waals surface area contributed by atoms with Crippen LogP contribution in [-0.2, 0) is 11.2 Å². The first-order chi connectivity index (χ1) is 6.65. The van der Waals surface area contributed by atoms with Crippen molar-refractivity contribution in [1.29, 1.82) is 0 Å². The maximum Gasteiger partial charge on any atom is 0.309 e. The van der Waals surface area contributed by atoms with Crippen molar-refractivity contribution < 1.29 is 9.90 Å². The molecule has 0 fully saturated rings. The van der Waals surface area contributed by atoms with Crippen LogP contribution in [-0.4, -0.2) is 33.6 Å². The number of rotatable bonds is 4. The molecule has 0 amide bonds. The zero-order valence-electron chi connectivity index (χ0n) is 7.85. The zero-order valence-corrected chi connectivity index (χ0v) is 9.48. The van der Waals surface area contributed by atoms with Crippen molar-refractivity contribution in [3.63, 3.8) is 0 Å². The zero-order chi connectivity index (χ0) is 10.6. The largest absolute Gasteiger partial charge is 0.481 e. The maximum atomic E-state index is 10.5. The standard InChI is InChI=1S/C8H10N2O2S2/c1-13-6-3-5(4-7(11)12)9-8(10-6)14-2/h3H,4H2,1-2H3,(H,11,12). The minimum atomic E-state index is -0.872. The third kappa shape index (κ3) is 3.19. The van der Waals surface area contributed by atoms with Gasteiger partial charge >= 0.3 is 5.97 Å². The van der Waals surface area contributed by atoms with Gasteiger partial charge in [0.05, 0.1) is 12.1 Å². The lowest BCUT2D eigenvalue weighted by atomic mass is 10.3. The average Bonchev–Trinajstić information content (AvgIpc) is 2.16. The number of thioether (sulfide) groups is 2. The van der Waals surface area contributed by atoms with Crippen LogP contribution in [0.3, 0.4) is 0 Å². The lowest BCUT2D eigenvalue weighted by molar-refractivity contribution is -0.136. The van der Waals surface area contributed by atoms with Crippen LogP contribution in [0.25, 0.3) is 0 Å². The van der Waals surface area contributed by atoms with Crippen molar-refractivity contribution in [2.24, 2.45) is 0 Å². The first kappa shape index (κ1) is 11.3. The molecule has 0 saturated carbocycles. The molecule has 0 unspecified atom stereocenters. The number of carboxylic acids is 1. The molecule has 0 aliphatic carbocycles. The molecule has 4 nitrogen and oxygen atoms in total. The summed E-state index contributed by atoms with van der Waals surface area (Å²) in [5.41, 5.74) is 0.557. The van der Waals surface area contributed by atoms with E-state index >= 15 is 0 Å². The van der Waals surface area contributed by atoms with Crippen molar-refractivity contribution in [2.45, 2.75) is 16.6 Å². The number of hydrogen-bond donors (Lipinski definition) is 1. The van der Waals surface area contributed by atoms with Crippen LogP contribution in [0.1, 0.15) is 5.69 Å². The lowest BCUT2D eigenvalue weighted by Crippen LogP contribution is -2.04. The second-order valence-corrected chi connectivity index (χ2v) is 4.06. The van der Waals surface area contributed by atoms with E-state index in [9.17, 15) is 4.79 Å². The number of aromatic nitrogens is 2. The molecule has 0 aliphatic rings. The van der Waals surface area contributed by atoms with Crippen molar-refractivity contribution in [3.05, 3.63) is 11.8 Å². The number of aliphatic carboxylic acids is 1.